The van der Waals surface area contributed by atoms with Gasteiger partial charge in [-0.3, -0.25) is 0 Å². The van der Waals surface area contributed by atoms with Gasteiger partial charge in [-0.25, -0.2) is 0 Å². The van der Waals surface area contributed by atoms with E-state index in [1.165, 1.54) is 7.11 Å². The second-order valence-corrected chi connectivity index (χ2v) is 5.26. The summed E-state index contributed by atoms with van der Waals surface area (Å²) in [4.78, 5) is 2.76. The monoisotopic (exact) mass is 323 g/mol. The van der Waals surface area contributed by atoms with E-state index in [0.29, 0.717) is 0 Å². The third kappa shape index (κ3) is 4.13. The molecule has 0 amide bonds. The molecule has 1 aliphatic heterocycles. The Morgan fingerprint density at radius 2 is 2.00 bits per heavy atom. The van der Waals surface area contributed by atoms with Crippen molar-refractivity contribution < 1.29 is 24.1 Å². The van der Waals surface area contributed by atoms with Crippen LogP contribution in [0.5, 0.6) is 5.75 Å². The minimum absolute atomic E-state index is 0.256. The average Bonchev–Trinajstić information content (AvgIpc) is 2.57. The van der Waals surface area contributed by atoms with Crippen molar-refractivity contribution in [1.82, 2.24) is 0 Å². The van der Waals surface area contributed by atoms with Crippen molar-refractivity contribution in [2.75, 3.05) is 14.2 Å². The summed E-state index contributed by atoms with van der Waals surface area (Å²) >= 11 is 0. The molecular weight excluding hydrogens is 302 g/mol. The number of methoxy groups -OCH3 is 2. The average molecular weight is 323 g/mol. The van der Waals surface area contributed by atoms with Crippen LogP contribution in [0.25, 0.3) is 10.4 Å². The normalized spacial score (nSPS) is 30.5. The first-order chi connectivity index (χ1) is 11.1. The zero-order valence-corrected chi connectivity index (χ0v) is 13.3. The molecule has 1 heterocycles. The summed E-state index contributed by atoms with van der Waals surface area (Å²) in [6.45, 7) is 1.97. The molecule has 0 aromatic heterocycles. The SMILES string of the molecule is COc1ccc(CO[C@@H]2[C@@H](OC)O[C@H](C)[C@@H](N=[N+]=[N-])[C@@H]2O)cc1. The number of hydrogen-bond donors (Lipinski definition) is 1. The second-order valence-electron chi connectivity index (χ2n) is 5.26. The van der Waals surface area contributed by atoms with Gasteiger partial charge in [-0.1, -0.05) is 17.2 Å². The lowest BCUT2D eigenvalue weighted by molar-refractivity contribution is -0.274. The van der Waals surface area contributed by atoms with Crippen molar-refractivity contribution in [2.45, 2.75) is 44.2 Å². The highest BCUT2D eigenvalue weighted by Crippen LogP contribution is 2.27. The molecule has 1 fully saturated rings. The van der Waals surface area contributed by atoms with E-state index in [-0.39, 0.29) is 6.61 Å². The van der Waals surface area contributed by atoms with Crippen LogP contribution in [-0.4, -0.2) is 50.0 Å². The molecule has 0 aliphatic carbocycles. The molecule has 1 aromatic rings. The lowest BCUT2D eigenvalue weighted by Gasteiger charge is -2.41. The van der Waals surface area contributed by atoms with Crippen molar-refractivity contribution in [3.8, 4) is 5.75 Å². The first-order valence-corrected chi connectivity index (χ1v) is 7.25. The maximum Gasteiger partial charge on any atom is 0.186 e. The van der Waals surface area contributed by atoms with E-state index < -0.39 is 30.6 Å². The molecule has 1 saturated heterocycles. The van der Waals surface area contributed by atoms with Crippen LogP contribution < -0.4 is 4.74 Å². The maximum atomic E-state index is 10.4. The summed E-state index contributed by atoms with van der Waals surface area (Å²) in [6.07, 6.45) is -2.97. The highest BCUT2D eigenvalue weighted by atomic mass is 16.7. The Hall–Kier alpha value is -1.83. The highest BCUT2D eigenvalue weighted by molar-refractivity contribution is 5.26. The van der Waals surface area contributed by atoms with Crippen LogP contribution in [0.1, 0.15) is 12.5 Å². The van der Waals surface area contributed by atoms with E-state index >= 15 is 0 Å². The van der Waals surface area contributed by atoms with Crippen molar-refractivity contribution >= 4 is 0 Å². The van der Waals surface area contributed by atoms with Crippen LogP contribution in [0.3, 0.4) is 0 Å². The smallest absolute Gasteiger partial charge is 0.186 e. The predicted molar refractivity (Wildman–Crippen MR) is 81.9 cm³/mol. The minimum atomic E-state index is -1.02. The largest absolute Gasteiger partial charge is 0.497 e. The molecule has 0 saturated carbocycles. The molecule has 0 unspecified atom stereocenters. The number of benzene rings is 1. The van der Waals surface area contributed by atoms with E-state index in [0.717, 1.165) is 11.3 Å². The van der Waals surface area contributed by atoms with Crippen LogP contribution in [0.2, 0.25) is 0 Å². The Morgan fingerprint density at radius 3 is 2.57 bits per heavy atom. The summed E-state index contributed by atoms with van der Waals surface area (Å²) in [6, 6.07) is 6.65. The van der Waals surface area contributed by atoms with Crippen molar-refractivity contribution in [1.29, 1.82) is 0 Å². The Morgan fingerprint density at radius 1 is 1.30 bits per heavy atom. The fraction of sp³-hybridized carbons (Fsp3) is 0.600. The molecule has 5 atom stereocenters. The quantitative estimate of drug-likeness (QED) is 0.489. The Kier molecular flexibility index (Phi) is 6.20. The van der Waals surface area contributed by atoms with Crippen LogP contribution in [0, 0.1) is 0 Å². The Balaban J connectivity index is 2.06. The van der Waals surface area contributed by atoms with Crippen LogP contribution in [0.15, 0.2) is 29.4 Å². The lowest BCUT2D eigenvalue weighted by Crippen LogP contribution is -2.57. The van der Waals surface area contributed by atoms with Gasteiger partial charge in [-0.2, -0.15) is 0 Å². The molecule has 0 bridgehead atoms. The van der Waals surface area contributed by atoms with Gasteiger partial charge in [0.05, 0.1) is 32.0 Å². The fourth-order valence-electron chi connectivity index (χ4n) is 2.51. The van der Waals surface area contributed by atoms with E-state index in [4.69, 9.17) is 24.5 Å². The molecule has 0 spiro atoms. The fourth-order valence-corrected chi connectivity index (χ4v) is 2.51. The van der Waals surface area contributed by atoms with Crippen LogP contribution >= 0.6 is 0 Å². The Bertz CT molecular complexity index is 547. The summed E-state index contributed by atoms with van der Waals surface area (Å²) in [5, 5.41) is 14.0. The van der Waals surface area contributed by atoms with Gasteiger partial charge >= 0.3 is 0 Å². The molecule has 1 N–H and O–H groups in total. The third-order valence-electron chi connectivity index (χ3n) is 3.80. The zero-order chi connectivity index (χ0) is 16.8. The number of nitrogens with zero attached hydrogens (tertiary/aromatic N) is 3. The number of aliphatic hydroxyl groups excluding tert-OH is 1. The number of ether oxygens (including phenoxy) is 4. The summed E-state index contributed by atoms with van der Waals surface area (Å²) in [5.74, 6) is 0.752. The van der Waals surface area contributed by atoms with Gasteiger partial charge in [0.1, 0.15) is 11.9 Å². The van der Waals surface area contributed by atoms with E-state index in [9.17, 15) is 5.11 Å². The number of azide groups is 1. The van der Waals surface area contributed by atoms with E-state index in [2.05, 4.69) is 10.0 Å². The standard InChI is InChI=1S/C15H21N3O5/c1-9-12(17-18-16)13(19)14(15(21-3)23-9)22-8-10-4-6-11(20-2)7-5-10/h4-7,9,12-15,19H,8H2,1-3H3/t9-,12-,13+,14+,15+/m1/s1. The lowest BCUT2D eigenvalue weighted by atomic mass is 9.97. The maximum absolute atomic E-state index is 10.4. The van der Waals surface area contributed by atoms with Crippen LogP contribution in [0.4, 0.5) is 0 Å². The molecule has 23 heavy (non-hydrogen) atoms. The van der Waals surface area contributed by atoms with Crippen molar-refractivity contribution in [2.24, 2.45) is 5.11 Å². The molecule has 8 nitrogen and oxygen atoms in total. The van der Waals surface area contributed by atoms with Crippen molar-refractivity contribution in [3.63, 3.8) is 0 Å². The van der Waals surface area contributed by atoms with Gasteiger partial charge in [-0.15, -0.1) is 0 Å². The van der Waals surface area contributed by atoms with Crippen molar-refractivity contribution in [3.05, 3.63) is 40.3 Å². The molecular formula is C15H21N3O5. The number of rotatable bonds is 6. The molecule has 1 aromatic carbocycles. The summed E-state index contributed by atoms with van der Waals surface area (Å²) < 4.78 is 21.7. The molecule has 2 rings (SSSR count). The topological polar surface area (TPSA) is 106 Å². The van der Waals surface area contributed by atoms with Gasteiger partial charge in [0.15, 0.2) is 6.29 Å². The summed E-state index contributed by atoms with van der Waals surface area (Å²) in [5.41, 5.74) is 9.54. The number of aliphatic hydroxyl groups is 1. The highest BCUT2D eigenvalue weighted by Gasteiger charge is 2.44. The van der Waals surface area contributed by atoms with Gasteiger partial charge in [0.25, 0.3) is 0 Å². The van der Waals surface area contributed by atoms with Gasteiger partial charge in [-0.05, 0) is 30.2 Å². The van der Waals surface area contributed by atoms with E-state index in [1.807, 2.05) is 24.3 Å². The summed E-state index contributed by atoms with van der Waals surface area (Å²) in [7, 11) is 3.07. The Labute approximate surface area is 134 Å². The minimum Gasteiger partial charge on any atom is -0.497 e. The first kappa shape index (κ1) is 17.5. The second kappa shape index (κ2) is 8.14. The molecule has 1 aliphatic rings. The predicted octanol–water partition coefficient (Wildman–Crippen LogP) is 2.01. The molecule has 8 heteroatoms. The van der Waals surface area contributed by atoms with Gasteiger partial charge in [0.2, 0.25) is 0 Å². The number of hydrogen-bond acceptors (Lipinski definition) is 6. The molecule has 126 valence electrons. The van der Waals surface area contributed by atoms with E-state index in [1.54, 1.807) is 14.0 Å². The van der Waals surface area contributed by atoms with Crippen LogP contribution in [-0.2, 0) is 20.8 Å². The zero-order valence-electron chi connectivity index (χ0n) is 13.3. The van der Waals surface area contributed by atoms with Gasteiger partial charge in [0, 0.05) is 12.0 Å². The van der Waals surface area contributed by atoms with Gasteiger partial charge < -0.3 is 24.1 Å². The molecule has 0 radical (unpaired) electrons. The first-order valence-electron chi connectivity index (χ1n) is 7.25. The third-order valence-corrected chi connectivity index (χ3v) is 3.80.